The number of carbonyl (C=O) groups excluding carboxylic acids is 2. The first kappa shape index (κ1) is 25.4. The van der Waals surface area contributed by atoms with Gasteiger partial charge in [-0.3, -0.25) is 13.9 Å². The van der Waals surface area contributed by atoms with E-state index in [9.17, 15) is 18.0 Å². The molecule has 0 bridgehead atoms. The van der Waals surface area contributed by atoms with Gasteiger partial charge in [0.1, 0.15) is 6.04 Å². The minimum Gasteiger partial charge on any atom is -0.357 e. The number of likely N-dealkylation sites (N-methyl/N-ethyl adjacent to an activating group) is 1. The first-order chi connectivity index (χ1) is 15.2. The maximum Gasteiger partial charge on any atom is 0.242 e. The summed E-state index contributed by atoms with van der Waals surface area (Å²) in [7, 11) is -1.95. The molecule has 1 N–H and O–H groups in total. The minimum absolute atomic E-state index is 0.132. The number of sulfonamides is 1. The Labute approximate surface area is 191 Å². The number of hydrogen-bond acceptors (Lipinski definition) is 4. The third-order valence-electron chi connectivity index (χ3n) is 5.39. The van der Waals surface area contributed by atoms with Gasteiger partial charge in [0.05, 0.1) is 11.9 Å². The summed E-state index contributed by atoms with van der Waals surface area (Å²) in [5.41, 5.74) is 2.62. The fourth-order valence-electron chi connectivity index (χ4n) is 3.47. The summed E-state index contributed by atoms with van der Waals surface area (Å²) in [6.45, 7) is 4.22. The van der Waals surface area contributed by atoms with Gasteiger partial charge in [0, 0.05) is 26.6 Å². The predicted molar refractivity (Wildman–Crippen MR) is 128 cm³/mol. The quantitative estimate of drug-likeness (QED) is 0.560. The van der Waals surface area contributed by atoms with Gasteiger partial charge < -0.3 is 10.2 Å². The summed E-state index contributed by atoms with van der Waals surface area (Å²) >= 11 is 0. The van der Waals surface area contributed by atoms with Crippen LogP contribution in [0.25, 0.3) is 0 Å². The van der Waals surface area contributed by atoms with Crippen LogP contribution >= 0.6 is 0 Å². The number of nitrogens with one attached hydrogen (secondary N) is 1. The molecule has 0 spiro atoms. The topological polar surface area (TPSA) is 86.8 Å². The third-order valence-corrected chi connectivity index (χ3v) is 6.59. The van der Waals surface area contributed by atoms with Gasteiger partial charge in [-0.25, -0.2) is 8.42 Å². The number of carbonyl (C=O) groups is 2. The van der Waals surface area contributed by atoms with Crippen molar-refractivity contribution in [3.63, 3.8) is 0 Å². The largest absolute Gasteiger partial charge is 0.357 e. The van der Waals surface area contributed by atoms with Crippen LogP contribution in [-0.2, 0) is 32.6 Å². The zero-order chi connectivity index (χ0) is 23.7. The number of benzene rings is 2. The smallest absolute Gasteiger partial charge is 0.242 e. The van der Waals surface area contributed by atoms with E-state index in [-0.39, 0.29) is 24.8 Å². The molecule has 0 unspecified atom stereocenters. The van der Waals surface area contributed by atoms with Crippen LogP contribution in [0.15, 0.2) is 54.6 Å². The van der Waals surface area contributed by atoms with E-state index in [1.807, 2.05) is 49.4 Å². The van der Waals surface area contributed by atoms with Gasteiger partial charge >= 0.3 is 0 Å². The van der Waals surface area contributed by atoms with Crippen molar-refractivity contribution in [3.8, 4) is 0 Å². The molecule has 8 heteroatoms. The van der Waals surface area contributed by atoms with Crippen molar-refractivity contribution in [2.45, 2.75) is 45.7 Å². The van der Waals surface area contributed by atoms with E-state index >= 15 is 0 Å². The fourth-order valence-corrected chi connectivity index (χ4v) is 4.44. The number of aryl methyl sites for hydroxylation is 1. The van der Waals surface area contributed by atoms with E-state index in [1.165, 1.54) is 16.3 Å². The minimum atomic E-state index is -3.49. The van der Waals surface area contributed by atoms with E-state index in [2.05, 4.69) is 5.32 Å². The lowest BCUT2D eigenvalue weighted by atomic mass is 10.1. The molecule has 1 atom stereocenters. The molecule has 2 aromatic rings. The van der Waals surface area contributed by atoms with Crippen molar-refractivity contribution >= 4 is 27.5 Å². The van der Waals surface area contributed by atoms with Crippen LogP contribution in [0.5, 0.6) is 0 Å². The molecule has 32 heavy (non-hydrogen) atoms. The Morgan fingerprint density at radius 2 is 1.62 bits per heavy atom. The number of hydrogen-bond donors (Lipinski definition) is 1. The van der Waals surface area contributed by atoms with Crippen LogP contribution in [-0.4, -0.2) is 51.0 Å². The molecule has 0 saturated carbocycles. The van der Waals surface area contributed by atoms with E-state index in [0.717, 1.165) is 23.8 Å². The lowest BCUT2D eigenvalue weighted by Crippen LogP contribution is -2.46. The number of anilines is 1. The number of nitrogens with zero attached hydrogens (tertiary/aromatic N) is 2. The van der Waals surface area contributed by atoms with Crippen LogP contribution in [0.3, 0.4) is 0 Å². The molecule has 2 amide bonds. The van der Waals surface area contributed by atoms with E-state index in [1.54, 1.807) is 19.1 Å². The summed E-state index contributed by atoms with van der Waals surface area (Å²) in [6.07, 6.45) is 2.51. The monoisotopic (exact) mass is 459 g/mol. The molecule has 2 aromatic carbocycles. The zero-order valence-corrected chi connectivity index (χ0v) is 20.1. The molecule has 0 saturated heterocycles. The van der Waals surface area contributed by atoms with E-state index in [4.69, 9.17) is 0 Å². The van der Waals surface area contributed by atoms with Crippen molar-refractivity contribution in [1.29, 1.82) is 0 Å². The molecule has 174 valence electrons. The molecule has 0 heterocycles. The summed E-state index contributed by atoms with van der Waals surface area (Å²) in [5.74, 6) is -0.442. The van der Waals surface area contributed by atoms with Crippen molar-refractivity contribution in [3.05, 3.63) is 65.7 Å². The molecule has 0 radical (unpaired) electrons. The van der Waals surface area contributed by atoms with Crippen molar-refractivity contribution in [1.82, 2.24) is 10.2 Å². The van der Waals surface area contributed by atoms with Crippen LogP contribution in [0.1, 0.15) is 37.8 Å². The Morgan fingerprint density at radius 1 is 1.00 bits per heavy atom. The Kier molecular flexibility index (Phi) is 9.26. The first-order valence-corrected chi connectivity index (χ1v) is 12.6. The van der Waals surface area contributed by atoms with Gasteiger partial charge in [-0.2, -0.15) is 0 Å². The number of rotatable bonds is 11. The molecule has 7 nitrogen and oxygen atoms in total. The van der Waals surface area contributed by atoms with Gasteiger partial charge in [0.2, 0.25) is 21.8 Å². The van der Waals surface area contributed by atoms with Gasteiger partial charge in [-0.15, -0.1) is 0 Å². The molecule has 0 aliphatic rings. The zero-order valence-electron chi connectivity index (χ0n) is 19.2. The van der Waals surface area contributed by atoms with Crippen molar-refractivity contribution in [2.24, 2.45) is 0 Å². The summed E-state index contributed by atoms with van der Waals surface area (Å²) in [6, 6.07) is 16.2. The summed E-state index contributed by atoms with van der Waals surface area (Å²) in [4.78, 5) is 26.8. The molecular weight excluding hydrogens is 426 g/mol. The predicted octanol–water partition coefficient (Wildman–Crippen LogP) is 2.96. The standard InChI is InChI=1S/C24H33N3O4S/c1-5-20-13-15-22(16-14-20)27(32(4,30)31)17-9-12-23(28)26(19(2)24(29)25-3)18-21-10-7-6-8-11-21/h6-8,10-11,13-16,19H,5,9,12,17-18H2,1-4H3,(H,25,29)/t19-/m0/s1. The van der Waals surface area contributed by atoms with Crippen molar-refractivity contribution in [2.75, 3.05) is 24.2 Å². The SMILES string of the molecule is CCc1ccc(N(CCCC(=O)N(Cc2ccccc2)[C@@H](C)C(=O)NC)S(C)(=O)=O)cc1. The molecule has 0 fully saturated rings. The van der Waals surface area contributed by atoms with Crippen LogP contribution in [0, 0.1) is 0 Å². The lowest BCUT2D eigenvalue weighted by molar-refractivity contribution is -0.140. The highest BCUT2D eigenvalue weighted by atomic mass is 32.2. The lowest BCUT2D eigenvalue weighted by Gasteiger charge is -2.29. The maximum atomic E-state index is 13.0. The highest BCUT2D eigenvalue weighted by Crippen LogP contribution is 2.20. The highest BCUT2D eigenvalue weighted by molar-refractivity contribution is 7.92. The normalized spacial score (nSPS) is 12.1. The Bertz CT molecular complexity index is 992. The fraction of sp³-hybridized carbons (Fsp3) is 0.417. The summed E-state index contributed by atoms with van der Waals surface area (Å²) < 4.78 is 26.0. The highest BCUT2D eigenvalue weighted by Gasteiger charge is 2.26. The van der Waals surface area contributed by atoms with Gasteiger partial charge in [0.15, 0.2) is 0 Å². The number of amides is 2. The average molecular weight is 460 g/mol. The Hall–Kier alpha value is -2.87. The van der Waals surface area contributed by atoms with E-state index in [0.29, 0.717) is 18.7 Å². The average Bonchev–Trinajstić information content (AvgIpc) is 2.79. The molecule has 0 aromatic heterocycles. The molecule has 0 aliphatic carbocycles. The van der Waals surface area contributed by atoms with Gasteiger partial charge in [-0.05, 0) is 43.0 Å². The molecule has 2 rings (SSSR count). The summed E-state index contributed by atoms with van der Waals surface area (Å²) in [5, 5.41) is 2.59. The van der Waals surface area contributed by atoms with Crippen molar-refractivity contribution < 1.29 is 18.0 Å². The van der Waals surface area contributed by atoms with Crippen LogP contribution in [0.2, 0.25) is 0 Å². The second kappa shape index (κ2) is 11.7. The van der Waals surface area contributed by atoms with Crippen LogP contribution < -0.4 is 9.62 Å². The molecule has 0 aliphatic heterocycles. The maximum absolute atomic E-state index is 13.0. The van der Waals surface area contributed by atoms with E-state index < -0.39 is 16.1 Å². The van der Waals surface area contributed by atoms with Gasteiger partial charge in [-0.1, -0.05) is 49.4 Å². The molecular formula is C24H33N3O4S. The Morgan fingerprint density at radius 3 is 2.16 bits per heavy atom. The van der Waals surface area contributed by atoms with Gasteiger partial charge in [0.25, 0.3) is 0 Å². The van der Waals surface area contributed by atoms with Crippen LogP contribution in [0.4, 0.5) is 5.69 Å². The second-order valence-corrected chi connectivity index (χ2v) is 9.66. The first-order valence-electron chi connectivity index (χ1n) is 10.8. The third kappa shape index (κ3) is 7.09. The Balaban J connectivity index is 2.11. The second-order valence-electron chi connectivity index (χ2n) is 7.76.